The average Bonchev–Trinajstić information content (AvgIpc) is 2.49. The Bertz CT molecular complexity index is 608. The lowest BCUT2D eigenvalue weighted by molar-refractivity contribution is 0.160. The standard InChI is InChI=1S/C15H11F3N2/c16-13(15(17)18)14(11-7-3-1-4-8-11)20-19-12-9-5-2-6-10-12/h1-10,15H/b14-13-,20-19?. The third kappa shape index (κ3) is 3.54. The molecule has 0 atom stereocenters. The SMILES string of the molecule is F/C(=C(\N=Nc1ccccc1)c1ccccc1)C(F)F. The molecule has 0 unspecified atom stereocenters. The summed E-state index contributed by atoms with van der Waals surface area (Å²) >= 11 is 0. The molecular weight excluding hydrogens is 265 g/mol. The lowest BCUT2D eigenvalue weighted by Crippen LogP contribution is -1.95. The van der Waals surface area contributed by atoms with E-state index in [2.05, 4.69) is 10.2 Å². The maximum Gasteiger partial charge on any atom is 0.291 e. The van der Waals surface area contributed by atoms with E-state index in [1.54, 1.807) is 48.5 Å². The molecule has 5 heteroatoms. The highest BCUT2D eigenvalue weighted by molar-refractivity contribution is 5.66. The topological polar surface area (TPSA) is 24.7 Å². The molecule has 0 fully saturated rings. The van der Waals surface area contributed by atoms with Crippen LogP contribution in [0.3, 0.4) is 0 Å². The van der Waals surface area contributed by atoms with Crippen molar-refractivity contribution >= 4 is 11.4 Å². The Morgan fingerprint density at radius 3 is 1.95 bits per heavy atom. The van der Waals surface area contributed by atoms with Crippen LogP contribution in [-0.4, -0.2) is 6.43 Å². The van der Waals surface area contributed by atoms with Crippen LogP contribution in [0, 0.1) is 0 Å². The number of hydrogen-bond acceptors (Lipinski definition) is 2. The summed E-state index contributed by atoms with van der Waals surface area (Å²) in [5.41, 5.74) is 0.262. The summed E-state index contributed by atoms with van der Waals surface area (Å²) in [5, 5.41) is 7.42. The van der Waals surface area contributed by atoms with Gasteiger partial charge in [0.25, 0.3) is 6.43 Å². The molecule has 0 aliphatic carbocycles. The quantitative estimate of drug-likeness (QED) is 0.670. The van der Waals surface area contributed by atoms with Gasteiger partial charge in [-0.15, -0.1) is 5.11 Å². The first-order chi connectivity index (χ1) is 9.68. The Balaban J connectivity index is 2.39. The first-order valence-corrected chi connectivity index (χ1v) is 5.88. The molecule has 0 heterocycles. The molecule has 2 rings (SSSR count). The van der Waals surface area contributed by atoms with E-state index in [9.17, 15) is 13.2 Å². The Morgan fingerprint density at radius 2 is 1.40 bits per heavy atom. The van der Waals surface area contributed by atoms with E-state index in [1.807, 2.05) is 0 Å². The zero-order valence-electron chi connectivity index (χ0n) is 10.4. The van der Waals surface area contributed by atoms with Gasteiger partial charge in [-0.1, -0.05) is 48.5 Å². The van der Waals surface area contributed by atoms with Gasteiger partial charge in [-0.25, -0.2) is 13.2 Å². The minimum Gasteiger partial charge on any atom is -0.203 e. The van der Waals surface area contributed by atoms with Crippen molar-refractivity contribution in [1.82, 2.24) is 0 Å². The molecule has 102 valence electrons. The molecule has 0 saturated heterocycles. The van der Waals surface area contributed by atoms with Crippen LogP contribution in [0.25, 0.3) is 5.70 Å². The molecule has 0 aliphatic rings. The molecule has 2 aromatic rings. The third-order valence-corrected chi connectivity index (χ3v) is 2.49. The van der Waals surface area contributed by atoms with Crippen LogP contribution in [0.15, 0.2) is 76.7 Å². The van der Waals surface area contributed by atoms with Gasteiger partial charge in [0.15, 0.2) is 5.83 Å². The zero-order valence-corrected chi connectivity index (χ0v) is 10.4. The Hall–Kier alpha value is -2.43. The number of rotatable bonds is 4. The summed E-state index contributed by atoms with van der Waals surface area (Å²) in [7, 11) is 0. The van der Waals surface area contributed by atoms with E-state index in [-0.39, 0.29) is 5.56 Å². The lowest BCUT2D eigenvalue weighted by Gasteiger charge is -2.03. The fraction of sp³-hybridized carbons (Fsp3) is 0.0667. The van der Waals surface area contributed by atoms with E-state index in [1.165, 1.54) is 12.1 Å². The van der Waals surface area contributed by atoms with Crippen molar-refractivity contribution in [2.24, 2.45) is 10.2 Å². The summed E-state index contributed by atoms with van der Waals surface area (Å²) < 4.78 is 38.7. The van der Waals surface area contributed by atoms with Gasteiger partial charge in [-0.2, -0.15) is 5.11 Å². The maximum atomic E-state index is 13.6. The van der Waals surface area contributed by atoms with Gasteiger partial charge in [0, 0.05) is 5.56 Å². The summed E-state index contributed by atoms with van der Waals surface area (Å²) in [4.78, 5) is 0. The second kappa shape index (κ2) is 6.65. The van der Waals surface area contributed by atoms with Gasteiger partial charge < -0.3 is 0 Å². The Kier molecular flexibility index (Phi) is 4.65. The second-order valence-corrected chi connectivity index (χ2v) is 3.90. The highest BCUT2D eigenvalue weighted by Gasteiger charge is 2.18. The third-order valence-electron chi connectivity index (χ3n) is 2.49. The molecule has 0 amide bonds. The van der Waals surface area contributed by atoms with Crippen molar-refractivity contribution in [1.29, 1.82) is 0 Å². The molecule has 0 saturated carbocycles. The molecule has 2 nitrogen and oxygen atoms in total. The van der Waals surface area contributed by atoms with Crippen molar-refractivity contribution in [2.75, 3.05) is 0 Å². The number of hydrogen-bond donors (Lipinski definition) is 0. The summed E-state index contributed by atoms with van der Waals surface area (Å²) in [6.07, 6.45) is -3.22. The molecule has 0 aliphatic heterocycles. The van der Waals surface area contributed by atoms with E-state index >= 15 is 0 Å². The van der Waals surface area contributed by atoms with Gasteiger partial charge in [0.2, 0.25) is 0 Å². The number of allylic oxidation sites excluding steroid dienone is 1. The summed E-state index contributed by atoms with van der Waals surface area (Å²) in [6.45, 7) is 0. The number of alkyl halides is 2. The van der Waals surface area contributed by atoms with Crippen LogP contribution in [0.2, 0.25) is 0 Å². The van der Waals surface area contributed by atoms with Crippen molar-refractivity contribution < 1.29 is 13.2 Å². The highest BCUT2D eigenvalue weighted by atomic mass is 19.3. The molecule has 0 N–H and O–H groups in total. The highest BCUT2D eigenvalue weighted by Crippen LogP contribution is 2.27. The smallest absolute Gasteiger partial charge is 0.203 e. The van der Waals surface area contributed by atoms with Gasteiger partial charge in [0.05, 0.1) is 5.69 Å². The molecule has 2 aromatic carbocycles. The minimum atomic E-state index is -3.22. The zero-order chi connectivity index (χ0) is 14.4. The first kappa shape index (κ1) is 14.0. The van der Waals surface area contributed by atoms with Crippen LogP contribution in [0.4, 0.5) is 18.9 Å². The molecule has 0 aromatic heterocycles. The average molecular weight is 276 g/mol. The van der Waals surface area contributed by atoms with Gasteiger partial charge in [-0.3, -0.25) is 0 Å². The maximum absolute atomic E-state index is 13.6. The molecular formula is C15H11F3N2. The van der Waals surface area contributed by atoms with Crippen LogP contribution in [0.1, 0.15) is 5.56 Å². The second-order valence-electron chi connectivity index (χ2n) is 3.90. The minimum absolute atomic E-state index is 0.255. The van der Waals surface area contributed by atoms with Crippen molar-refractivity contribution in [3.8, 4) is 0 Å². The predicted molar refractivity (Wildman–Crippen MR) is 71.4 cm³/mol. The Labute approximate surface area is 114 Å². The number of halogens is 3. The number of nitrogens with zero attached hydrogens (tertiary/aromatic N) is 2. The van der Waals surface area contributed by atoms with Crippen LogP contribution >= 0.6 is 0 Å². The van der Waals surface area contributed by atoms with Gasteiger partial charge in [0.1, 0.15) is 5.70 Å². The number of azo groups is 1. The molecule has 0 radical (unpaired) electrons. The molecule has 0 spiro atoms. The van der Waals surface area contributed by atoms with Crippen molar-refractivity contribution in [3.63, 3.8) is 0 Å². The largest absolute Gasteiger partial charge is 0.291 e. The summed E-state index contributed by atoms with van der Waals surface area (Å²) in [5.74, 6) is -1.59. The van der Waals surface area contributed by atoms with E-state index in [0.717, 1.165) is 0 Å². The normalized spacial score (nSPS) is 12.8. The monoisotopic (exact) mass is 276 g/mol. The molecule has 0 bridgehead atoms. The fourth-order valence-corrected chi connectivity index (χ4v) is 1.55. The van der Waals surface area contributed by atoms with Gasteiger partial charge in [-0.05, 0) is 12.1 Å². The van der Waals surface area contributed by atoms with Crippen molar-refractivity contribution in [3.05, 3.63) is 72.1 Å². The van der Waals surface area contributed by atoms with E-state index in [0.29, 0.717) is 5.69 Å². The molecule has 20 heavy (non-hydrogen) atoms. The summed E-state index contributed by atoms with van der Waals surface area (Å²) in [6, 6.07) is 16.5. The number of benzene rings is 2. The van der Waals surface area contributed by atoms with Crippen molar-refractivity contribution in [2.45, 2.75) is 6.43 Å². The lowest BCUT2D eigenvalue weighted by atomic mass is 10.1. The Morgan fingerprint density at radius 1 is 0.850 bits per heavy atom. The van der Waals surface area contributed by atoms with Crippen LogP contribution in [0.5, 0.6) is 0 Å². The predicted octanol–water partition coefficient (Wildman–Crippen LogP) is 5.37. The van der Waals surface area contributed by atoms with Crippen LogP contribution < -0.4 is 0 Å². The fourth-order valence-electron chi connectivity index (χ4n) is 1.55. The van der Waals surface area contributed by atoms with E-state index in [4.69, 9.17) is 0 Å². The van der Waals surface area contributed by atoms with E-state index < -0.39 is 17.9 Å². The van der Waals surface area contributed by atoms with Crippen LogP contribution in [-0.2, 0) is 0 Å². The van der Waals surface area contributed by atoms with Gasteiger partial charge >= 0.3 is 0 Å². The first-order valence-electron chi connectivity index (χ1n) is 5.88.